The molecular weight excluding hydrogens is 304 g/mol. The molecular formula is C13H17F2NO4S. The van der Waals surface area contributed by atoms with Crippen LogP contribution in [0.1, 0.15) is 31.1 Å². The minimum Gasteiger partial charge on any atom is -0.477 e. The van der Waals surface area contributed by atoms with Crippen LogP contribution in [0.4, 0.5) is 8.78 Å². The van der Waals surface area contributed by atoms with E-state index in [-0.39, 0.29) is 5.92 Å². The Morgan fingerprint density at radius 1 is 1.24 bits per heavy atom. The van der Waals surface area contributed by atoms with Crippen LogP contribution in [0.3, 0.4) is 0 Å². The zero-order valence-electron chi connectivity index (χ0n) is 12.1. The average Bonchev–Trinajstić information content (AvgIpc) is 2.35. The summed E-state index contributed by atoms with van der Waals surface area (Å²) in [5, 5.41) is 8.78. The van der Waals surface area contributed by atoms with Crippen LogP contribution in [0.2, 0.25) is 0 Å². The normalized spacial score (nSPS) is 13.7. The van der Waals surface area contributed by atoms with Gasteiger partial charge in [-0.15, -0.1) is 0 Å². The number of carbonyl (C=O) groups is 1. The lowest BCUT2D eigenvalue weighted by Crippen LogP contribution is -2.38. The van der Waals surface area contributed by atoms with E-state index >= 15 is 0 Å². The second-order valence-electron chi connectivity index (χ2n) is 5.05. The van der Waals surface area contributed by atoms with Crippen molar-refractivity contribution < 1.29 is 27.1 Å². The molecule has 0 saturated carbocycles. The minimum absolute atomic E-state index is 0.0350. The van der Waals surface area contributed by atoms with Gasteiger partial charge in [-0.1, -0.05) is 13.8 Å². The number of carboxylic acids is 1. The highest BCUT2D eigenvalue weighted by Crippen LogP contribution is 2.25. The molecule has 0 aliphatic carbocycles. The second-order valence-corrected chi connectivity index (χ2v) is 7.01. The molecule has 0 spiro atoms. The summed E-state index contributed by atoms with van der Waals surface area (Å²) in [5.74, 6) is -4.81. The van der Waals surface area contributed by atoms with Crippen molar-refractivity contribution in [1.82, 2.24) is 4.31 Å². The van der Waals surface area contributed by atoms with Gasteiger partial charge in [0.2, 0.25) is 10.0 Å². The molecule has 0 heterocycles. The van der Waals surface area contributed by atoms with Crippen LogP contribution in [-0.4, -0.2) is 36.9 Å². The highest BCUT2D eigenvalue weighted by atomic mass is 32.2. The maximum absolute atomic E-state index is 14.1. The van der Waals surface area contributed by atoms with Gasteiger partial charge in [0.1, 0.15) is 16.3 Å². The number of rotatable bonds is 5. The molecule has 1 atom stereocenters. The number of halogens is 2. The van der Waals surface area contributed by atoms with Gasteiger partial charge in [0.05, 0.1) is 0 Å². The Balaban J connectivity index is 3.47. The first kappa shape index (κ1) is 17.5. The molecule has 0 aliphatic rings. The van der Waals surface area contributed by atoms with E-state index in [2.05, 4.69) is 0 Å². The molecule has 8 heteroatoms. The van der Waals surface area contributed by atoms with Crippen molar-refractivity contribution >= 4 is 16.0 Å². The Kier molecular flexibility index (Phi) is 5.06. The van der Waals surface area contributed by atoms with Crippen molar-refractivity contribution in [2.75, 3.05) is 7.05 Å². The molecule has 0 fully saturated rings. The summed E-state index contributed by atoms with van der Waals surface area (Å²) < 4.78 is 53.1. The highest BCUT2D eigenvalue weighted by molar-refractivity contribution is 7.89. The molecule has 1 N–H and O–H groups in total. The maximum atomic E-state index is 14.1. The van der Waals surface area contributed by atoms with Crippen LogP contribution in [0.25, 0.3) is 0 Å². The van der Waals surface area contributed by atoms with Gasteiger partial charge in [0.15, 0.2) is 5.82 Å². The fourth-order valence-corrected chi connectivity index (χ4v) is 3.28. The van der Waals surface area contributed by atoms with Crippen LogP contribution in [0, 0.1) is 17.6 Å². The minimum atomic E-state index is -4.26. The Hall–Kier alpha value is -1.54. The molecule has 0 bridgehead atoms. The van der Waals surface area contributed by atoms with Crippen molar-refractivity contribution in [3.63, 3.8) is 0 Å². The van der Waals surface area contributed by atoms with Gasteiger partial charge in [-0.25, -0.2) is 22.0 Å². The number of hydrogen-bond acceptors (Lipinski definition) is 3. The fraction of sp³-hybridized carbons (Fsp3) is 0.462. The van der Waals surface area contributed by atoms with Crippen LogP contribution in [0.5, 0.6) is 0 Å². The predicted octanol–water partition coefficient (Wildman–Crippen LogP) is 2.33. The van der Waals surface area contributed by atoms with E-state index in [1.54, 1.807) is 20.8 Å². The number of hydrogen-bond donors (Lipinski definition) is 1. The molecule has 0 aliphatic heterocycles. The monoisotopic (exact) mass is 321 g/mol. The second kappa shape index (κ2) is 6.07. The van der Waals surface area contributed by atoms with Gasteiger partial charge >= 0.3 is 5.97 Å². The third-order valence-electron chi connectivity index (χ3n) is 3.46. The zero-order chi connectivity index (χ0) is 16.5. The van der Waals surface area contributed by atoms with E-state index in [1.165, 1.54) is 7.05 Å². The molecule has 5 nitrogen and oxygen atoms in total. The largest absolute Gasteiger partial charge is 0.477 e. The standard InChI is InChI=1S/C13H17F2NO4S/c1-7(2)8(3)16(4)21(19,20)10-6-5-9(14)11(12(10)15)13(17)18/h5-8H,1-4H3,(H,17,18). The topological polar surface area (TPSA) is 74.7 Å². The first-order chi connectivity index (χ1) is 9.51. The van der Waals surface area contributed by atoms with E-state index in [9.17, 15) is 22.0 Å². The van der Waals surface area contributed by atoms with Crippen molar-refractivity contribution in [3.05, 3.63) is 29.3 Å². The summed E-state index contributed by atoms with van der Waals surface area (Å²) in [7, 11) is -2.99. The smallest absolute Gasteiger partial charge is 0.341 e. The molecule has 21 heavy (non-hydrogen) atoms. The first-order valence-electron chi connectivity index (χ1n) is 6.21. The molecule has 1 unspecified atom stereocenters. The van der Waals surface area contributed by atoms with Crippen molar-refractivity contribution in [2.24, 2.45) is 5.92 Å². The van der Waals surface area contributed by atoms with E-state index in [4.69, 9.17) is 5.11 Å². The molecule has 1 aromatic carbocycles. The van der Waals surface area contributed by atoms with E-state index in [0.29, 0.717) is 6.07 Å². The third-order valence-corrected chi connectivity index (χ3v) is 5.43. The first-order valence-corrected chi connectivity index (χ1v) is 7.65. The van der Waals surface area contributed by atoms with Gasteiger partial charge in [0, 0.05) is 13.1 Å². The summed E-state index contributed by atoms with van der Waals surface area (Å²) >= 11 is 0. The van der Waals surface area contributed by atoms with Crippen LogP contribution >= 0.6 is 0 Å². The Bertz CT molecular complexity index is 658. The van der Waals surface area contributed by atoms with E-state index in [1.807, 2.05) is 0 Å². The van der Waals surface area contributed by atoms with Crippen molar-refractivity contribution in [2.45, 2.75) is 31.7 Å². The lowest BCUT2D eigenvalue weighted by molar-refractivity contribution is 0.0685. The lowest BCUT2D eigenvalue weighted by atomic mass is 10.1. The summed E-state index contributed by atoms with van der Waals surface area (Å²) in [6.45, 7) is 5.22. The van der Waals surface area contributed by atoms with Crippen LogP contribution in [-0.2, 0) is 10.0 Å². The summed E-state index contributed by atoms with van der Waals surface area (Å²) in [6.07, 6.45) is 0. The molecule has 1 aromatic rings. The molecule has 0 saturated heterocycles. The predicted molar refractivity (Wildman–Crippen MR) is 72.6 cm³/mol. The zero-order valence-corrected chi connectivity index (χ0v) is 12.9. The number of aromatic carboxylic acids is 1. The molecule has 118 valence electrons. The fourth-order valence-electron chi connectivity index (χ4n) is 1.72. The number of carboxylic acid groups (broad SMARTS) is 1. The van der Waals surface area contributed by atoms with Gasteiger partial charge in [-0.05, 0) is 25.0 Å². The summed E-state index contributed by atoms with van der Waals surface area (Å²) in [4.78, 5) is 9.99. The van der Waals surface area contributed by atoms with Gasteiger partial charge in [0.25, 0.3) is 0 Å². The van der Waals surface area contributed by atoms with Crippen LogP contribution < -0.4 is 0 Å². The Morgan fingerprint density at radius 3 is 2.19 bits per heavy atom. The SMILES string of the molecule is CC(C)C(C)N(C)S(=O)(=O)c1ccc(F)c(C(=O)O)c1F. The Labute approximate surface area is 122 Å². The quantitative estimate of drug-likeness (QED) is 0.903. The molecule has 0 radical (unpaired) electrons. The van der Waals surface area contributed by atoms with Crippen LogP contribution in [0.15, 0.2) is 17.0 Å². The maximum Gasteiger partial charge on any atom is 0.341 e. The van der Waals surface area contributed by atoms with Gasteiger partial charge in [-0.3, -0.25) is 0 Å². The number of nitrogens with zero attached hydrogens (tertiary/aromatic N) is 1. The number of benzene rings is 1. The molecule has 0 aromatic heterocycles. The Morgan fingerprint density at radius 2 is 1.76 bits per heavy atom. The molecule has 1 rings (SSSR count). The lowest BCUT2D eigenvalue weighted by Gasteiger charge is -2.27. The average molecular weight is 321 g/mol. The third kappa shape index (κ3) is 3.21. The summed E-state index contributed by atoms with van der Waals surface area (Å²) in [5.41, 5.74) is -1.28. The van der Waals surface area contributed by atoms with E-state index in [0.717, 1.165) is 10.4 Å². The van der Waals surface area contributed by atoms with E-state index < -0.39 is 44.1 Å². The number of sulfonamides is 1. The molecule has 0 amide bonds. The summed E-state index contributed by atoms with van der Waals surface area (Å²) in [6, 6.07) is 0.927. The highest BCUT2D eigenvalue weighted by Gasteiger charge is 2.32. The van der Waals surface area contributed by atoms with Crippen molar-refractivity contribution in [3.8, 4) is 0 Å². The van der Waals surface area contributed by atoms with Crippen molar-refractivity contribution in [1.29, 1.82) is 0 Å². The van der Waals surface area contributed by atoms with Gasteiger partial charge in [-0.2, -0.15) is 4.31 Å². The van der Waals surface area contributed by atoms with Gasteiger partial charge < -0.3 is 5.11 Å².